The van der Waals surface area contributed by atoms with E-state index in [2.05, 4.69) is 5.32 Å². The Morgan fingerprint density at radius 2 is 1.73 bits per heavy atom. The third kappa shape index (κ3) is 5.83. The van der Waals surface area contributed by atoms with E-state index in [0.29, 0.717) is 19.4 Å². The molecule has 2 aromatic rings. The van der Waals surface area contributed by atoms with E-state index in [9.17, 15) is 14.7 Å². The molecule has 1 saturated heterocycles. The Hall–Kier alpha value is -2.86. The Kier molecular flexibility index (Phi) is 7.85. The summed E-state index contributed by atoms with van der Waals surface area (Å²) in [5.74, 6) is -0.175. The van der Waals surface area contributed by atoms with Crippen molar-refractivity contribution in [1.82, 2.24) is 10.2 Å². The zero-order chi connectivity index (χ0) is 21.3. The maximum Gasteiger partial charge on any atom is 0.408 e. The molecule has 2 unspecified atom stereocenters. The van der Waals surface area contributed by atoms with Crippen molar-refractivity contribution in [3.63, 3.8) is 0 Å². The van der Waals surface area contributed by atoms with Crippen LogP contribution in [-0.4, -0.2) is 46.7 Å². The van der Waals surface area contributed by atoms with Gasteiger partial charge in [-0.05, 0) is 30.4 Å². The van der Waals surface area contributed by atoms with Crippen molar-refractivity contribution in [3.05, 3.63) is 71.8 Å². The Balaban J connectivity index is 1.69. The van der Waals surface area contributed by atoms with Crippen LogP contribution in [0.5, 0.6) is 0 Å². The quantitative estimate of drug-likeness (QED) is 0.700. The predicted molar refractivity (Wildman–Crippen MR) is 115 cm³/mol. The lowest BCUT2D eigenvalue weighted by Gasteiger charge is -2.31. The fourth-order valence-corrected chi connectivity index (χ4v) is 3.90. The van der Waals surface area contributed by atoms with Gasteiger partial charge in [-0.1, -0.05) is 67.6 Å². The number of nitrogens with one attached hydrogen (secondary N) is 1. The third-order valence-electron chi connectivity index (χ3n) is 5.53. The number of benzene rings is 2. The number of hydrogen-bond acceptors (Lipinski definition) is 4. The summed E-state index contributed by atoms with van der Waals surface area (Å²) in [5, 5.41) is 13.1. The first-order chi connectivity index (χ1) is 14.6. The molecule has 2 N–H and O–H groups in total. The van der Waals surface area contributed by atoms with Crippen LogP contribution in [0.3, 0.4) is 0 Å². The van der Waals surface area contributed by atoms with Crippen LogP contribution in [0, 0.1) is 0 Å². The van der Waals surface area contributed by atoms with Crippen LogP contribution in [0.25, 0.3) is 0 Å². The van der Waals surface area contributed by atoms with Gasteiger partial charge in [-0.15, -0.1) is 0 Å². The molecule has 2 aromatic carbocycles. The van der Waals surface area contributed by atoms with E-state index in [0.717, 1.165) is 24.0 Å². The van der Waals surface area contributed by atoms with Crippen LogP contribution in [-0.2, 0) is 22.6 Å². The van der Waals surface area contributed by atoms with E-state index in [4.69, 9.17) is 4.74 Å². The van der Waals surface area contributed by atoms with E-state index >= 15 is 0 Å². The highest BCUT2D eigenvalue weighted by molar-refractivity contribution is 5.86. The number of carbonyl (C=O) groups is 2. The summed E-state index contributed by atoms with van der Waals surface area (Å²) in [5.41, 5.74) is 1.83. The second-order valence-electron chi connectivity index (χ2n) is 7.67. The second kappa shape index (κ2) is 10.8. The Labute approximate surface area is 177 Å². The van der Waals surface area contributed by atoms with Gasteiger partial charge < -0.3 is 20.1 Å². The van der Waals surface area contributed by atoms with E-state index < -0.39 is 18.2 Å². The van der Waals surface area contributed by atoms with Gasteiger partial charge in [0.1, 0.15) is 12.6 Å². The van der Waals surface area contributed by atoms with E-state index in [1.54, 1.807) is 4.90 Å². The van der Waals surface area contributed by atoms with Crippen LogP contribution in [0.1, 0.15) is 37.3 Å². The number of alkyl carbamates (subject to hydrolysis) is 1. The van der Waals surface area contributed by atoms with Gasteiger partial charge in [-0.3, -0.25) is 4.79 Å². The molecule has 0 aromatic heterocycles. The summed E-state index contributed by atoms with van der Waals surface area (Å²) >= 11 is 0. The smallest absolute Gasteiger partial charge is 0.408 e. The summed E-state index contributed by atoms with van der Waals surface area (Å²) < 4.78 is 5.33. The van der Waals surface area contributed by atoms with Gasteiger partial charge in [0.05, 0.1) is 12.1 Å². The lowest BCUT2D eigenvalue weighted by Crippen LogP contribution is -2.53. The number of amides is 2. The number of carbonyl (C=O) groups excluding carboxylic acids is 2. The van der Waals surface area contributed by atoms with E-state index in [-0.39, 0.29) is 18.6 Å². The molecule has 30 heavy (non-hydrogen) atoms. The topological polar surface area (TPSA) is 78.9 Å². The lowest BCUT2D eigenvalue weighted by molar-refractivity contribution is -0.136. The fraction of sp³-hybridized carbons (Fsp3) is 0.417. The molecule has 0 aliphatic carbocycles. The molecular weight excluding hydrogens is 380 g/mol. The average molecular weight is 411 g/mol. The zero-order valence-corrected chi connectivity index (χ0v) is 17.4. The van der Waals surface area contributed by atoms with Crippen molar-refractivity contribution in [2.45, 2.75) is 57.4 Å². The molecule has 3 atom stereocenters. The van der Waals surface area contributed by atoms with Crippen molar-refractivity contribution in [2.75, 3.05) is 6.54 Å². The summed E-state index contributed by atoms with van der Waals surface area (Å²) in [6, 6.07) is 18.0. The maximum absolute atomic E-state index is 13.3. The molecule has 6 nitrogen and oxygen atoms in total. The molecule has 1 aliphatic heterocycles. The molecule has 1 fully saturated rings. The van der Waals surface area contributed by atoms with E-state index in [1.165, 1.54) is 0 Å². The summed E-state index contributed by atoms with van der Waals surface area (Å²) in [7, 11) is 0. The zero-order valence-electron chi connectivity index (χ0n) is 17.4. The van der Waals surface area contributed by atoms with Gasteiger partial charge in [0, 0.05) is 13.0 Å². The molecule has 2 amide bonds. The van der Waals surface area contributed by atoms with Crippen molar-refractivity contribution >= 4 is 12.0 Å². The predicted octanol–water partition coefficient (Wildman–Crippen LogP) is 3.29. The number of aliphatic hydroxyl groups excluding tert-OH is 1. The normalized spacial score (nSPS) is 17.9. The number of hydrogen-bond donors (Lipinski definition) is 2. The SMILES string of the molecule is CCC(O)C1CCCN1C(=O)[C@H](Cc1ccccc1)NC(=O)OCc1ccccc1. The van der Waals surface area contributed by atoms with Gasteiger partial charge in [0.2, 0.25) is 5.91 Å². The molecule has 1 aliphatic rings. The Morgan fingerprint density at radius 3 is 2.37 bits per heavy atom. The summed E-state index contributed by atoms with van der Waals surface area (Å²) in [4.78, 5) is 27.5. The van der Waals surface area contributed by atoms with Crippen molar-refractivity contribution in [2.24, 2.45) is 0 Å². The second-order valence-corrected chi connectivity index (χ2v) is 7.67. The minimum absolute atomic E-state index is 0.139. The van der Waals surface area contributed by atoms with Gasteiger partial charge in [0.15, 0.2) is 0 Å². The minimum atomic E-state index is -0.750. The van der Waals surface area contributed by atoms with Crippen LogP contribution in [0.4, 0.5) is 4.79 Å². The molecule has 0 saturated carbocycles. The Bertz CT molecular complexity index is 812. The van der Waals surface area contributed by atoms with Gasteiger partial charge in [-0.2, -0.15) is 0 Å². The first-order valence-corrected chi connectivity index (χ1v) is 10.6. The van der Waals surface area contributed by atoms with Crippen LogP contribution >= 0.6 is 0 Å². The van der Waals surface area contributed by atoms with Crippen molar-refractivity contribution < 1.29 is 19.4 Å². The maximum atomic E-state index is 13.3. The molecule has 0 bridgehead atoms. The summed E-state index contributed by atoms with van der Waals surface area (Å²) in [6.45, 7) is 2.64. The molecule has 0 radical (unpaired) electrons. The monoisotopic (exact) mass is 410 g/mol. The molecule has 3 rings (SSSR count). The van der Waals surface area contributed by atoms with Gasteiger partial charge in [-0.25, -0.2) is 4.79 Å². The van der Waals surface area contributed by atoms with Gasteiger partial charge >= 0.3 is 6.09 Å². The number of likely N-dealkylation sites (tertiary alicyclic amines) is 1. The van der Waals surface area contributed by atoms with E-state index in [1.807, 2.05) is 67.6 Å². The molecule has 6 heteroatoms. The molecule has 1 heterocycles. The fourth-order valence-electron chi connectivity index (χ4n) is 3.90. The number of rotatable bonds is 8. The average Bonchev–Trinajstić information content (AvgIpc) is 3.27. The third-order valence-corrected chi connectivity index (χ3v) is 5.53. The molecular formula is C24H30N2O4. The van der Waals surface area contributed by atoms with Crippen LogP contribution in [0.2, 0.25) is 0 Å². The Morgan fingerprint density at radius 1 is 1.10 bits per heavy atom. The highest BCUT2D eigenvalue weighted by Gasteiger charge is 2.37. The van der Waals surface area contributed by atoms with Crippen LogP contribution in [0.15, 0.2) is 60.7 Å². The standard InChI is InChI=1S/C24H30N2O4/c1-2-22(27)21-14-9-15-26(21)23(28)20(16-18-10-5-3-6-11-18)25-24(29)30-17-19-12-7-4-8-13-19/h3-8,10-13,20-22,27H,2,9,14-17H2,1H3,(H,25,29)/t20-,21?,22?/m0/s1. The number of ether oxygens (including phenoxy) is 1. The summed E-state index contributed by atoms with van der Waals surface area (Å²) in [6.07, 6.45) is 1.40. The number of aliphatic hydroxyl groups is 1. The largest absolute Gasteiger partial charge is 0.445 e. The molecule has 0 spiro atoms. The number of nitrogens with zero attached hydrogens (tertiary/aromatic N) is 1. The van der Waals surface area contributed by atoms with Crippen LogP contribution < -0.4 is 5.32 Å². The molecule has 160 valence electrons. The lowest BCUT2D eigenvalue weighted by atomic mass is 10.0. The van der Waals surface area contributed by atoms with Gasteiger partial charge in [0.25, 0.3) is 0 Å². The van der Waals surface area contributed by atoms with Crippen molar-refractivity contribution in [1.29, 1.82) is 0 Å². The highest BCUT2D eigenvalue weighted by Crippen LogP contribution is 2.23. The minimum Gasteiger partial charge on any atom is -0.445 e. The van der Waals surface area contributed by atoms with Crippen molar-refractivity contribution in [3.8, 4) is 0 Å². The first kappa shape index (κ1) is 21.8. The first-order valence-electron chi connectivity index (χ1n) is 10.6. The highest BCUT2D eigenvalue weighted by atomic mass is 16.5.